The highest BCUT2D eigenvalue weighted by atomic mass is 16.3. The van der Waals surface area contributed by atoms with Crippen LogP contribution in [-0.2, 0) is 6.54 Å². The van der Waals surface area contributed by atoms with Gasteiger partial charge in [0, 0.05) is 30.7 Å². The minimum absolute atomic E-state index is 0.0506. The predicted molar refractivity (Wildman–Crippen MR) is 77.0 cm³/mol. The molecule has 0 radical (unpaired) electrons. The fourth-order valence-corrected chi connectivity index (χ4v) is 1.60. The second kappa shape index (κ2) is 6.68. The first kappa shape index (κ1) is 15.7. The molecule has 1 aromatic rings. The van der Waals surface area contributed by atoms with Gasteiger partial charge < -0.3 is 15.3 Å². The number of carbonyl (C=O) groups is 1. The van der Waals surface area contributed by atoms with Gasteiger partial charge in [-0.05, 0) is 31.8 Å². The van der Waals surface area contributed by atoms with Crippen molar-refractivity contribution in [1.29, 1.82) is 0 Å². The predicted octanol–water partition coefficient (Wildman–Crippen LogP) is 1.50. The quantitative estimate of drug-likeness (QED) is 0.818. The zero-order valence-electron chi connectivity index (χ0n) is 12.2. The molecular weight excluding hydrogens is 240 g/mol. The van der Waals surface area contributed by atoms with Gasteiger partial charge in [-0.1, -0.05) is 26.0 Å². The van der Waals surface area contributed by atoms with Crippen molar-refractivity contribution < 1.29 is 9.90 Å². The van der Waals surface area contributed by atoms with E-state index in [9.17, 15) is 4.79 Å². The highest BCUT2D eigenvalue weighted by Crippen LogP contribution is 2.12. The van der Waals surface area contributed by atoms with Crippen LogP contribution in [0.25, 0.3) is 0 Å². The Hall–Kier alpha value is -1.39. The topological polar surface area (TPSA) is 52.6 Å². The van der Waals surface area contributed by atoms with Crippen LogP contribution < -0.4 is 5.32 Å². The molecule has 4 nitrogen and oxygen atoms in total. The number of carbonyl (C=O) groups excluding carboxylic acids is 1. The summed E-state index contributed by atoms with van der Waals surface area (Å²) in [6.45, 7) is 5.19. The van der Waals surface area contributed by atoms with E-state index >= 15 is 0 Å². The van der Waals surface area contributed by atoms with Crippen molar-refractivity contribution >= 4 is 5.91 Å². The van der Waals surface area contributed by atoms with Gasteiger partial charge >= 0.3 is 0 Å². The number of amides is 1. The molecule has 0 atom stereocenters. The van der Waals surface area contributed by atoms with E-state index in [2.05, 4.69) is 10.2 Å². The molecule has 0 unspecified atom stereocenters. The average Bonchev–Trinajstić information content (AvgIpc) is 2.36. The van der Waals surface area contributed by atoms with Gasteiger partial charge in [0.05, 0.1) is 0 Å². The zero-order valence-corrected chi connectivity index (χ0v) is 12.2. The third-order valence-electron chi connectivity index (χ3n) is 2.87. The third-order valence-corrected chi connectivity index (χ3v) is 2.87. The Labute approximate surface area is 115 Å². The maximum atomic E-state index is 11.9. The number of nitrogens with one attached hydrogen (secondary N) is 1. The molecule has 0 saturated carbocycles. The number of hydrogen-bond acceptors (Lipinski definition) is 3. The van der Waals surface area contributed by atoms with Crippen molar-refractivity contribution in [2.45, 2.75) is 20.4 Å². The van der Waals surface area contributed by atoms with Gasteiger partial charge in [0.15, 0.2) is 0 Å². The van der Waals surface area contributed by atoms with E-state index < -0.39 is 0 Å². The summed E-state index contributed by atoms with van der Waals surface area (Å²) in [5.74, 6) is -0.0991. The second-order valence-corrected chi connectivity index (χ2v) is 5.94. The first-order valence-electron chi connectivity index (χ1n) is 6.47. The standard InChI is InChI=1S/C15H24N2O2/c1-15(2,11-18)10-16-14(19)13-7-5-12(6-8-13)9-17(3)4/h5-8,18H,9-11H2,1-4H3,(H,16,19). The molecular formula is C15H24N2O2. The van der Waals surface area contributed by atoms with Gasteiger partial charge in [0.1, 0.15) is 0 Å². The van der Waals surface area contributed by atoms with Gasteiger partial charge in [-0.3, -0.25) is 4.79 Å². The Kier molecular flexibility index (Phi) is 5.51. The molecule has 19 heavy (non-hydrogen) atoms. The third kappa shape index (κ3) is 5.41. The lowest BCUT2D eigenvalue weighted by molar-refractivity contribution is 0.0911. The maximum absolute atomic E-state index is 11.9. The van der Waals surface area contributed by atoms with Crippen LogP contribution in [0.5, 0.6) is 0 Å². The van der Waals surface area contributed by atoms with E-state index in [4.69, 9.17) is 5.11 Å². The number of aliphatic hydroxyl groups excluding tert-OH is 1. The Morgan fingerprint density at radius 2 is 1.84 bits per heavy atom. The van der Waals surface area contributed by atoms with Gasteiger partial charge in [-0.25, -0.2) is 0 Å². The lowest BCUT2D eigenvalue weighted by Gasteiger charge is -2.21. The summed E-state index contributed by atoms with van der Waals surface area (Å²) in [5.41, 5.74) is 1.54. The minimum Gasteiger partial charge on any atom is -0.396 e. The van der Waals surface area contributed by atoms with Gasteiger partial charge in [-0.2, -0.15) is 0 Å². The normalized spacial score (nSPS) is 11.7. The van der Waals surface area contributed by atoms with Gasteiger partial charge in [-0.15, -0.1) is 0 Å². The van der Waals surface area contributed by atoms with Crippen LogP contribution in [0, 0.1) is 5.41 Å². The molecule has 0 aliphatic rings. The lowest BCUT2D eigenvalue weighted by atomic mass is 9.95. The number of nitrogens with zero attached hydrogens (tertiary/aromatic N) is 1. The average molecular weight is 264 g/mol. The number of rotatable bonds is 6. The van der Waals surface area contributed by atoms with E-state index in [0.29, 0.717) is 12.1 Å². The van der Waals surface area contributed by atoms with Crippen LogP contribution in [-0.4, -0.2) is 43.2 Å². The number of benzene rings is 1. The minimum atomic E-state index is -0.291. The molecule has 0 heterocycles. The summed E-state index contributed by atoms with van der Waals surface area (Å²) < 4.78 is 0. The Morgan fingerprint density at radius 1 is 1.26 bits per heavy atom. The Morgan fingerprint density at radius 3 is 2.32 bits per heavy atom. The Balaban J connectivity index is 2.58. The van der Waals surface area contributed by atoms with Crippen LogP contribution in [0.3, 0.4) is 0 Å². The largest absolute Gasteiger partial charge is 0.396 e. The second-order valence-electron chi connectivity index (χ2n) is 5.94. The summed E-state index contributed by atoms with van der Waals surface area (Å²) in [5, 5.41) is 12.0. The van der Waals surface area contributed by atoms with E-state index in [0.717, 1.165) is 6.54 Å². The molecule has 0 aliphatic heterocycles. The van der Waals surface area contributed by atoms with Crippen molar-refractivity contribution in [3.8, 4) is 0 Å². The SMILES string of the molecule is CN(C)Cc1ccc(C(=O)NCC(C)(C)CO)cc1. The molecule has 0 aliphatic carbocycles. The molecule has 0 saturated heterocycles. The molecule has 4 heteroatoms. The van der Waals surface area contributed by atoms with E-state index in [1.54, 1.807) is 0 Å². The summed E-state index contributed by atoms with van der Waals surface area (Å²) in [6, 6.07) is 7.60. The lowest BCUT2D eigenvalue weighted by Crippen LogP contribution is -2.36. The first-order valence-corrected chi connectivity index (χ1v) is 6.47. The van der Waals surface area contributed by atoms with Gasteiger partial charge in [0.2, 0.25) is 0 Å². The van der Waals surface area contributed by atoms with Crippen LogP contribution in [0.1, 0.15) is 29.8 Å². The van der Waals surface area contributed by atoms with Gasteiger partial charge in [0.25, 0.3) is 5.91 Å². The number of hydrogen-bond donors (Lipinski definition) is 2. The van der Waals surface area contributed by atoms with E-state index in [1.165, 1.54) is 5.56 Å². The molecule has 2 N–H and O–H groups in total. The fraction of sp³-hybridized carbons (Fsp3) is 0.533. The molecule has 1 aromatic carbocycles. The Bertz CT molecular complexity index is 411. The molecule has 0 aromatic heterocycles. The van der Waals surface area contributed by atoms with E-state index in [-0.39, 0.29) is 17.9 Å². The van der Waals surface area contributed by atoms with Crippen LogP contribution in [0.15, 0.2) is 24.3 Å². The zero-order chi connectivity index (χ0) is 14.5. The van der Waals surface area contributed by atoms with Crippen molar-refractivity contribution in [3.05, 3.63) is 35.4 Å². The molecule has 1 rings (SSSR count). The fourth-order valence-electron chi connectivity index (χ4n) is 1.60. The van der Waals surface area contributed by atoms with Crippen molar-refractivity contribution in [2.75, 3.05) is 27.2 Å². The summed E-state index contributed by atoms with van der Waals surface area (Å²) in [6.07, 6.45) is 0. The van der Waals surface area contributed by atoms with Crippen LogP contribution >= 0.6 is 0 Å². The van der Waals surface area contributed by atoms with Crippen molar-refractivity contribution in [1.82, 2.24) is 10.2 Å². The maximum Gasteiger partial charge on any atom is 0.251 e. The van der Waals surface area contributed by atoms with Crippen molar-refractivity contribution in [2.24, 2.45) is 5.41 Å². The van der Waals surface area contributed by atoms with Crippen LogP contribution in [0.4, 0.5) is 0 Å². The molecule has 106 valence electrons. The first-order chi connectivity index (χ1) is 8.84. The molecule has 0 bridgehead atoms. The smallest absolute Gasteiger partial charge is 0.251 e. The molecule has 0 fully saturated rings. The van der Waals surface area contributed by atoms with Crippen LogP contribution in [0.2, 0.25) is 0 Å². The highest BCUT2D eigenvalue weighted by molar-refractivity contribution is 5.94. The molecule has 1 amide bonds. The number of aliphatic hydroxyl groups is 1. The summed E-state index contributed by atoms with van der Waals surface area (Å²) in [4.78, 5) is 14.0. The molecule has 0 spiro atoms. The highest BCUT2D eigenvalue weighted by Gasteiger charge is 2.17. The summed E-state index contributed by atoms with van der Waals surface area (Å²) in [7, 11) is 4.02. The van der Waals surface area contributed by atoms with E-state index in [1.807, 2.05) is 52.2 Å². The van der Waals surface area contributed by atoms with Crippen molar-refractivity contribution in [3.63, 3.8) is 0 Å². The monoisotopic (exact) mass is 264 g/mol. The summed E-state index contributed by atoms with van der Waals surface area (Å²) >= 11 is 0.